The van der Waals surface area contributed by atoms with Crippen molar-refractivity contribution in [2.24, 2.45) is 11.7 Å². The van der Waals surface area contributed by atoms with Gasteiger partial charge in [0.25, 0.3) is 0 Å². The summed E-state index contributed by atoms with van der Waals surface area (Å²) in [4.78, 5) is 22.4. The number of primary amides is 1. The van der Waals surface area contributed by atoms with Crippen LogP contribution in [0.15, 0.2) is 0 Å². The van der Waals surface area contributed by atoms with E-state index >= 15 is 0 Å². The van der Waals surface area contributed by atoms with E-state index in [0.29, 0.717) is 25.0 Å². The average molecular weight is 239 g/mol. The van der Waals surface area contributed by atoms with E-state index in [1.165, 1.54) is 6.42 Å². The van der Waals surface area contributed by atoms with Gasteiger partial charge in [-0.25, -0.2) is 0 Å². The van der Waals surface area contributed by atoms with Crippen LogP contribution in [0, 0.1) is 5.92 Å². The Kier molecular flexibility index (Phi) is 3.99. The maximum absolute atomic E-state index is 11.9. The first kappa shape index (κ1) is 12.4. The number of hydrogen-bond donors (Lipinski definition) is 3. The summed E-state index contributed by atoms with van der Waals surface area (Å²) >= 11 is 0. The molecule has 5 heteroatoms. The van der Waals surface area contributed by atoms with Crippen LogP contribution in [0.1, 0.15) is 38.5 Å². The lowest BCUT2D eigenvalue weighted by molar-refractivity contribution is -0.125. The van der Waals surface area contributed by atoms with E-state index in [-0.39, 0.29) is 17.7 Å². The predicted molar refractivity (Wildman–Crippen MR) is 64.1 cm³/mol. The molecule has 0 aromatic rings. The van der Waals surface area contributed by atoms with Gasteiger partial charge in [0.15, 0.2) is 0 Å². The Hall–Kier alpha value is -1.10. The Labute approximate surface area is 102 Å². The van der Waals surface area contributed by atoms with Gasteiger partial charge in [0.2, 0.25) is 11.8 Å². The van der Waals surface area contributed by atoms with Crippen LogP contribution in [0.5, 0.6) is 0 Å². The largest absolute Gasteiger partial charge is 0.370 e. The molecule has 0 aliphatic carbocycles. The minimum Gasteiger partial charge on any atom is -0.370 e. The van der Waals surface area contributed by atoms with Crippen molar-refractivity contribution >= 4 is 11.8 Å². The molecule has 2 bridgehead atoms. The van der Waals surface area contributed by atoms with Crippen molar-refractivity contribution in [3.63, 3.8) is 0 Å². The van der Waals surface area contributed by atoms with Crippen LogP contribution >= 0.6 is 0 Å². The van der Waals surface area contributed by atoms with Crippen molar-refractivity contribution in [1.82, 2.24) is 10.6 Å². The van der Waals surface area contributed by atoms with Gasteiger partial charge in [-0.15, -0.1) is 0 Å². The summed E-state index contributed by atoms with van der Waals surface area (Å²) in [5.74, 6) is 0.0577. The molecule has 4 N–H and O–H groups in total. The second-order valence-electron chi connectivity index (χ2n) is 5.10. The molecule has 3 unspecified atom stereocenters. The van der Waals surface area contributed by atoms with Crippen LogP contribution in [0.25, 0.3) is 0 Å². The van der Waals surface area contributed by atoms with Crippen molar-refractivity contribution in [1.29, 1.82) is 0 Å². The second kappa shape index (κ2) is 5.49. The minimum absolute atomic E-state index is 0.157. The first-order valence-electron chi connectivity index (χ1n) is 6.49. The smallest absolute Gasteiger partial charge is 0.224 e. The Balaban J connectivity index is 1.60. The van der Waals surface area contributed by atoms with E-state index in [0.717, 1.165) is 25.7 Å². The highest BCUT2D eigenvalue weighted by Gasteiger charge is 2.42. The molecular formula is C12H21N3O2. The second-order valence-corrected chi connectivity index (χ2v) is 5.10. The van der Waals surface area contributed by atoms with Crippen molar-refractivity contribution in [3.8, 4) is 0 Å². The van der Waals surface area contributed by atoms with E-state index < -0.39 is 0 Å². The third-order valence-corrected chi connectivity index (χ3v) is 3.79. The molecule has 96 valence electrons. The number of nitrogens with one attached hydrogen (secondary N) is 2. The lowest BCUT2D eigenvalue weighted by atomic mass is 9.88. The normalized spacial score (nSPS) is 30.5. The molecule has 0 aromatic carbocycles. The van der Waals surface area contributed by atoms with Crippen molar-refractivity contribution in [2.45, 2.75) is 50.6 Å². The van der Waals surface area contributed by atoms with Gasteiger partial charge >= 0.3 is 0 Å². The van der Waals surface area contributed by atoms with Crippen LogP contribution in [0.4, 0.5) is 0 Å². The van der Waals surface area contributed by atoms with E-state index in [2.05, 4.69) is 10.6 Å². The van der Waals surface area contributed by atoms with Gasteiger partial charge in [0, 0.05) is 25.0 Å². The van der Waals surface area contributed by atoms with Gasteiger partial charge < -0.3 is 16.4 Å². The molecule has 0 aromatic heterocycles. The molecule has 0 saturated carbocycles. The van der Waals surface area contributed by atoms with Gasteiger partial charge in [0.1, 0.15) is 0 Å². The Bertz CT molecular complexity index is 306. The number of hydrogen-bond acceptors (Lipinski definition) is 3. The number of carbonyl (C=O) groups is 2. The standard InChI is InChI=1S/C12H21N3O2/c13-11(16)3-1-2-6-14-12(17)9-7-8-4-5-10(9)15-8/h8-10,15H,1-7H2,(H2,13,16)(H,14,17). The summed E-state index contributed by atoms with van der Waals surface area (Å²) in [6.07, 6.45) is 5.31. The average Bonchev–Trinajstić information content (AvgIpc) is 2.89. The van der Waals surface area contributed by atoms with Crippen LogP contribution in [0.2, 0.25) is 0 Å². The molecule has 2 fully saturated rings. The van der Waals surface area contributed by atoms with E-state index in [9.17, 15) is 9.59 Å². The highest BCUT2D eigenvalue weighted by atomic mass is 16.2. The topological polar surface area (TPSA) is 84.2 Å². The predicted octanol–water partition coefficient (Wildman–Crippen LogP) is -0.101. The molecule has 2 saturated heterocycles. The minimum atomic E-state index is -0.270. The van der Waals surface area contributed by atoms with Gasteiger partial charge in [0.05, 0.1) is 5.92 Å². The fourth-order valence-electron chi connectivity index (χ4n) is 2.88. The Morgan fingerprint density at radius 3 is 2.71 bits per heavy atom. The summed E-state index contributed by atoms with van der Waals surface area (Å²) in [5.41, 5.74) is 5.04. The maximum Gasteiger partial charge on any atom is 0.224 e. The van der Waals surface area contributed by atoms with Gasteiger partial charge in [-0.05, 0) is 32.1 Å². The molecule has 17 heavy (non-hydrogen) atoms. The fraction of sp³-hybridized carbons (Fsp3) is 0.833. The molecule has 0 spiro atoms. The van der Waals surface area contributed by atoms with Gasteiger partial charge in [-0.3, -0.25) is 9.59 Å². The summed E-state index contributed by atoms with van der Waals surface area (Å²) in [5, 5.41) is 6.41. The number of nitrogens with two attached hydrogens (primary N) is 1. The molecule has 2 heterocycles. The molecule has 2 amide bonds. The Morgan fingerprint density at radius 1 is 1.29 bits per heavy atom. The summed E-state index contributed by atoms with van der Waals surface area (Å²) < 4.78 is 0. The zero-order valence-corrected chi connectivity index (χ0v) is 10.1. The highest BCUT2D eigenvalue weighted by molar-refractivity contribution is 5.80. The van der Waals surface area contributed by atoms with Crippen LogP contribution < -0.4 is 16.4 Å². The summed E-state index contributed by atoms with van der Waals surface area (Å²) in [6.45, 7) is 0.653. The van der Waals surface area contributed by atoms with Crippen LogP contribution in [-0.4, -0.2) is 30.4 Å². The number of carbonyl (C=O) groups excluding carboxylic acids is 2. The van der Waals surface area contributed by atoms with Crippen molar-refractivity contribution < 1.29 is 9.59 Å². The summed E-state index contributed by atoms with van der Waals surface area (Å²) in [7, 11) is 0. The van der Waals surface area contributed by atoms with Crippen LogP contribution in [0.3, 0.4) is 0 Å². The van der Waals surface area contributed by atoms with Gasteiger partial charge in [-0.1, -0.05) is 0 Å². The first-order valence-corrected chi connectivity index (χ1v) is 6.49. The lowest BCUT2D eigenvalue weighted by Gasteiger charge is -2.19. The Morgan fingerprint density at radius 2 is 2.12 bits per heavy atom. The monoisotopic (exact) mass is 239 g/mol. The third kappa shape index (κ3) is 3.19. The SMILES string of the molecule is NC(=O)CCCCNC(=O)C1CC2CCC1N2. The molecular weight excluding hydrogens is 218 g/mol. The molecule has 2 aliphatic rings. The number of rotatable bonds is 6. The number of unbranched alkanes of at least 4 members (excludes halogenated alkanes) is 1. The fourth-order valence-corrected chi connectivity index (χ4v) is 2.88. The zero-order valence-electron chi connectivity index (χ0n) is 10.1. The van der Waals surface area contributed by atoms with E-state index in [1.54, 1.807) is 0 Å². The third-order valence-electron chi connectivity index (χ3n) is 3.79. The van der Waals surface area contributed by atoms with Crippen molar-refractivity contribution in [3.05, 3.63) is 0 Å². The molecule has 3 atom stereocenters. The summed E-state index contributed by atoms with van der Waals surface area (Å²) in [6, 6.07) is 0.955. The highest BCUT2D eigenvalue weighted by Crippen LogP contribution is 2.33. The molecule has 5 nitrogen and oxygen atoms in total. The molecule has 2 rings (SSSR count). The van der Waals surface area contributed by atoms with Crippen LogP contribution in [-0.2, 0) is 9.59 Å². The number of fused-ring (bicyclic) bond motifs is 2. The van der Waals surface area contributed by atoms with E-state index in [4.69, 9.17) is 5.73 Å². The first-order chi connectivity index (χ1) is 8.16. The quantitative estimate of drug-likeness (QED) is 0.566. The van der Waals surface area contributed by atoms with Crippen molar-refractivity contribution in [2.75, 3.05) is 6.54 Å². The van der Waals surface area contributed by atoms with E-state index in [1.807, 2.05) is 0 Å². The molecule has 2 aliphatic heterocycles. The number of amides is 2. The van der Waals surface area contributed by atoms with Gasteiger partial charge in [-0.2, -0.15) is 0 Å². The molecule has 0 radical (unpaired) electrons. The lowest BCUT2D eigenvalue weighted by Crippen LogP contribution is -2.37. The zero-order chi connectivity index (χ0) is 12.3. The maximum atomic E-state index is 11.9.